The number of hydrogen-bond donors (Lipinski definition) is 2. The number of Topliss-reactive ketones (excluding diaryl/α,β-unsaturated/α-hetero) is 1. The van der Waals surface area contributed by atoms with Gasteiger partial charge in [-0.25, -0.2) is 8.42 Å². The van der Waals surface area contributed by atoms with E-state index in [1.54, 1.807) is 6.07 Å². The average molecular weight is 360 g/mol. The Balaban J connectivity index is 2.32. The number of halogens is 1. The van der Waals surface area contributed by atoms with E-state index >= 15 is 0 Å². The molecule has 0 saturated carbocycles. The zero-order valence-corrected chi connectivity index (χ0v) is 14.3. The highest BCUT2D eigenvalue weighted by molar-refractivity contribution is 7.93. The van der Waals surface area contributed by atoms with Crippen molar-refractivity contribution in [1.29, 1.82) is 0 Å². The summed E-state index contributed by atoms with van der Waals surface area (Å²) in [4.78, 5) is 23.6. The zero-order chi connectivity index (χ0) is 17.4. The lowest BCUT2D eigenvalue weighted by atomic mass is 9.92. The SMILES string of the molecule is CC(C)(C(=O)[C@H]1CN[C@H](C(=O)O)C1)S(=O)(=O)c1ccccc1Cl. The van der Waals surface area contributed by atoms with Crippen LogP contribution in [0.25, 0.3) is 0 Å². The largest absolute Gasteiger partial charge is 0.480 e. The summed E-state index contributed by atoms with van der Waals surface area (Å²) in [6, 6.07) is 5.13. The van der Waals surface area contributed by atoms with Crippen molar-refractivity contribution in [3.63, 3.8) is 0 Å². The normalized spacial score (nSPS) is 22.0. The topological polar surface area (TPSA) is 101 Å². The van der Waals surface area contributed by atoms with Crippen molar-refractivity contribution in [2.75, 3.05) is 6.54 Å². The smallest absolute Gasteiger partial charge is 0.320 e. The summed E-state index contributed by atoms with van der Waals surface area (Å²) in [6.07, 6.45) is 0.0790. The number of carboxylic acid groups (broad SMARTS) is 1. The summed E-state index contributed by atoms with van der Waals surface area (Å²) < 4.78 is 24.0. The van der Waals surface area contributed by atoms with E-state index in [-0.39, 0.29) is 22.9 Å². The third-order valence-electron chi connectivity index (χ3n) is 4.19. The van der Waals surface area contributed by atoms with Crippen molar-refractivity contribution < 1.29 is 23.1 Å². The van der Waals surface area contributed by atoms with E-state index in [0.717, 1.165) is 0 Å². The van der Waals surface area contributed by atoms with Crippen molar-refractivity contribution in [3.05, 3.63) is 29.3 Å². The van der Waals surface area contributed by atoms with Gasteiger partial charge in [-0.2, -0.15) is 0 Å². The van der Waals surface area contributed by atoms with Crippen LogP contribution in [0.5, 0.6) is 0 Å². The number of nitrogens with one attached hydrogen (secondary N) is 1. The standard InChI is InChI=1S/C15H18ClNO5S/c1-15(2,13(18)9-7-11(14(19)20)17-8-9)23(21,22)12-6-4-3-5-10(12)16/h3-6,9,11,17H,7-8H2,1-2H3,(H,19,20)/t9-,11+/m1/s1. The van der Waals surface area contributed by atoms with Crippen LogP contribution in [0.4, 0.5) is 0 Å². The first-order valence-electron chi connectivity index (χ1n) is 7.08. The van der Waals surface area contributed by atoms with E-state index in [1.165, 1.54) is 32.0 Å². The van der Waals surface area contributed by atoms with Crippen molar-refractivity contribution in [1.82, 2.24) is 5.32 Å². The number of ketones is 1. The highest BCUT2D eigenvalue weighted by Crippen LogP contribution is 2.34. The molecule has 0 aromatic heterocycles. The molecule has 0 radical (unpaired) electrons. The van der Waals surface area contributed by atoms with Gasteiger partial charge in [-0.15, -0.1) is 0 Å². The van der Waals surface area contributed by atoms with Crippen LogP contribution >= 0.6 is 11.6 Å². The molecule has 1 fully saturated rings. The molecule has 1 aromatic rings. The first-order chi connectivity index (χ1) is 10.6. The summed E-state index contributed by atoms with van der Waals surface area (Å²) in [7, 11) is -4.00. The van der Waals surface area contributed by atoms with Crippen molar-refractivity contribution >= 4 is 33.2 Å². The molecule has 0 amide bonds. The Labute approximate surface area is 139 Å². The number of hydrogen-bond acceptors (Lipinski definition) is 5. The van der Waals surface area contributed by atoms with Crippen LogP contribution in [0.2, 0.25) is 5.02 Å². The Hall–Kier alpha value is -1.44. The van der Waals surface area contributed by atoms with Crippen molar-refractivity contribution in [3.8, 4) is 0 Å². The molecule has 1 saturated heterocycles. The van der Waals surface area contributed by atoms with E-state index in [4.69, 9.17) is 16.7 Å². The molecular weight excluding hydrogens is 342 g/mol. The molecule has 1 heterocycles. The number of benzene rings is 1. The van der Waals surface area contributed by atoms with Gasteiger partial charge in [0.15, 0.2) is 15.6 Å². The van der Waals surface area contributed by atoms with Crippen LogP contribution in [-0.2, 0) is 19.4 Å². The van der Waals surface area contributed by atoms with Crippen LogP contribution in [-0.4, -0.2) is 42.6 Å². The lowest BCUT2D eigenvalue weighted by Gasteiger charge is -2.26. The molecule has 1 aliphatic heterocycles. The predicted octanol–water partition coefficient (Wildman–Crippen LogP) is 1.52. The second-order valence-corrected chi connectivity index (χ2v) is 8.91. The van der Waals surface area contributed by atoms with E-state index in [2.05, 4.69) is 5.32 Å². The third kappa shape index (κ3) is 3.13. The average Bonchev–Trinajstić information content (AvgIpc) is 2.96. The third-order valence-corrected chi connectivity index (χ3v) is 7.11. The molecule has 1 aromatic carbocycles. The van der Waals surface area contributed by atoms with Gasteiger partial charge in [0.2, 0.25) is 0 Å². The number of sulfone groups is 1. The zero-order valence-electron chi connectivity index (χ0n) is 12.7. The Morgan fingerprint density at radius 2 is 1.91 bits per heavy atom. The van der Waals surface area contributed by atoms with Gasteiger partial charge in [0.25, 0.3) is 0 Å². The molecule has 2 rings (SSSR count). The Kier molecular flexibility index (Phi) is 4.84. The molecule has 0 bridgehead atoms. The quantitative estimate of drug-likeness (QED) is 0.826. The highest BCUT2D eigenvalue weighted by Gasteiger charge is 2.48. The van der Waals surface area contributed by atoms with Gasteiger partial charge in [0.1, 0.15) is 10.8 Å². The molecule has 23 heavy (non-hydrogen) atoms. The van der Waals surface area contributed by atoms with Gasteiger partial charge >= 0.3 is 5.97 Å². The lowest BCUT2D eigenvalue weighted by Crippen LogP contribution is -2.44. The molecule has 8 heteroatoms. The fourth-order valence-corrected chi connectivity index (χ4v) is 4.69. The highest BCUT2D eigenvalue weighted by atomic mass is 35.5. The minimum atomic E-state index is -4.00. The molecule has 126 valence electrons. The maximum atomic E-state index is 12.8. The summed E-state index contributed by atoms with van der Waals surface area (Å²) in [5.41, 5.74) is 0. The van der Waals surface area contributed by atoms with E-state index in [9.17, 15) is 18.0 Å². The second-order valence-electron chi connectivity index (χ2n) is 6.04. The van der Waals surface area contributed by atoms with Crippen molar-refractivity contribution in [2.45, 2.75) is 36.0 Å². The van der Waals surface area contributed by atoms with E-state index in [0.29, 0.717) is 0 Å². The van der Waals surface area contributed by atoms with Gasteiger partial charge in [-0.1, -0.05) is 23.7 Å². The first kappa shape index (κ1) is 17.9. The summed E-state index contributed by atoms with van der Waals surface area (Å²) in [6.45, 7) is 2.82. The molecule has 0 unspecified atom stereocenters. The maximum Gasteiger partial charge on any atom is 0.320 e. The Bertz CT molecular complexity index is 744. The molecule has 6 nitrogen and oxygen atoms in total. The number of carboxylic acids is 1. The van der Waals surface area contributed by atoms with Gasteiger partial charge in [-0.05, 0) is 32.4 Å². The maximum absolute atomic E-state index is 12.8. The Morgan fingerprint density at radius 3 is 2.43 bits per heavy atom. The molecule has 0 aliphatic carbocycles. The minimum absolute atomic E-state index is 0.0568. The Morgan fingerprint density at radius 1 is 1.30 bits per heavy atom. The number of aliphatic carboxylic acids is 1. The van der Waals surface area contributed by atoms with Gasteiger partial charge in [0.05, 0.1) is 9.92 Å². The number of rotatable bonds is 5. The number of carbonyl (C=O) groups excluding carboxylic acids is 1. The van der Waals surface area contributed by atoms with Gasteiger partial charge in [-0.3, -0.25) is 9.59 Å². The van der Waals surface area contributed by atoms with Crippen LogP contribution in [0.1, 0.15) is 20.3 Å². The lowest BCUT2D eigenvalue weighted by molar-refractivity contribution is -0.139. The van der Waals surface area contributed by atoms with Crippen LogP contribution in [0, 0.1) is 5.92 Å². The second kappa shape index (κ2) is 6.22. The first-order valence-corrected chi connectivity index (χ1v) is 8.95. The fraction of sp³-hybridized carbons (Fsp3) is 0.467. The molecular formula is C15H18ClNO5S. The predicted molar refractivity (Wildman–Crippen MR) is 85.3 cm³/mol. The fourth-order valence-electron chi connectivity index (χ4n) is 2.69. The van der Waals surface area contributed by atoms with Crippen LogP contribution < -0.4 is 5.32 Å². The monoisotopic (exact) mass is 359 g/mol. The molecule has 2 N–H and O–H groups in total. The molecule has 0 spiro atoms. The van der Waals surface area contributed by atoms with Gasteiger partial charge < -0.3 is 10.4 Å². The van der Waals surface area contributed by atoms with Crippen LogP contribution in [0.15, 0.2) is 29.2 Å². The minimum Gasteiger partial charge on any atom is -0.480 e. The van der Waals surface area contributed by atoms with Gasteiger partial charge in [0, 0.05) is 12.5 Å². The van der Waals surface area contributed by atoms with Crippen LogP contribution in [0.3, 0.4) is 0 Å². The summed E-state index contributed by atoms with van der Waals surface area (Å²) in [5, 5.41) is 11.8. The number of carbonyl (C=O) groups is 2. The summed E-state index contributed by atoms with van der Waals surface area (Å²) >= 11 is 5.96. The summed E-state index contributed by atoms with van der Waals surface area (Å²) in [5.74, 6) is -2.22. The molecule has 1 aliphatic rings. The van der Waals surface area contributed by atoms with Crippen molar-refractivity contribution in [2.24, 2.45) is 5.92 Å². The molecule has 2 atom stereocenters. The van der Waals surface area contributed by atoms with E-state index in [1.807, 2.05) is 0 Å². The van der Waals surface area contributed by atoms with E-state index < -0.39 is 38.3 Å².